The van der Waals surface area contributed by atoms with Gasteiger partial charge in [-0.1, -0.05) is 25.1 Å². The van der Waals surface area contributed by atoms with Gasteiger partial charge in [-0.05, 0) is 37.9 Å². The van der Waals surface area contributed by atoms with Crippen molar-refractivity contribution in [2.24, 2.45) is 0 Å². The minimum Gasteiger partial charge on any atom is -0.324 e. The van der Waals surface area contributed by atoms with Gasteiger partial charge in [0, 0.05) is 25.1 Å². The summed E-state index contributed by atoms with van der Waals surface area (Å²) in [7, 11) is 0. The molecule has 1 atom stereocenters. The van der Waals surface area contributed by atoms with Crippen LogP contribution >= 0.6 is 0 Å². The number of anilines is 1. The van der Waals surface area contributed by atoms with Crippen LogP contribution in [0.5, 0.6) is 0 Å². The smallest absolute Gasteiger partial charge is 0.251 e. The van der Waals surface area contributed by atoms with Gasteiger partial charge in [0.05, 0.1) is 6.04 Å². The average Bonchev–Trinajstić information content (AvgIpc) is 2.44. The number of amides is 1. The third-order valence-corrected chi connectivity index (χ3v) is 4.24. The third kappa shape index (κ3) is 3.83. The quantitative estimate of drug-likeness (QED) is 0.918. The Hall–Kier alpha value is -1.49. The van der Waals surface area contributed by atoms with Gasteiger partial charge in [-0.25, -0.2) is 8.78 Å². The van der Waals surface area contributed by atoms with Crippen LogP contribution in [0.1, 0.15) is 37.3 Å². The lowest BCUT2D eigenvalue weighted by Crippen LogP contribution is -2.52. The molecule has 1 N–H and O–H groups in total. The van der Waals surface area contributed by atoms with Crippen LogP contribution in [0, 0.1) is 13.8 Å². The fourth-order valence-corrected chi connectivity index (χ4v) is 3.01. The molecule has 0 aromatic heterocycles. The molecule has 5 heteroatoms. The predicted octanol–water partition coefficient (Wildman–Crippen LogP) is 3.75. The van der Waals surface area contributed by atoms with Gasteiger partial charge < -0.3 is 5.32 Å². The second-order valence-corrected chi connectivity index (χ2v) is 6.12. The average molecular weight is 310 g/mol. The third-order valence-electron chi connectivity index (χ3n) is 4.24. The maximum Gasteiger partial charge on any atom is 0.251 e. The van der Waals surface area contributed by atoms with Crippen molar-refractivity contribution in [1.82, 2.24) is 4.90 Å². The zero-order chi connectivity index (χ0) is 16.3. The Bertz CT molecular complexity index is 525. The van der Waals surface area contributed by atoms with Crippen molar-refractivity contribution >= 4 is 11.6 Å². The molecule has 1 aromatic rings. The van der Waals surface area contributed by atoms with E-state index < -0.39 is 18.4 Å². The number of para-hydroxylation sites is 1. The van der Waals surface area contributed by atoms with Gasteiger partial charge in [0.25, 0.3) is 5.92 Å². The van der Waals surface area contributed by atoms with Crippen molar-refractivity contribution in [3.8, 4) is 0 Å². The number of carbonyl (C=O) groups excluding carboxylic acids is 1. The first kappa shape index (κ1) is 16.9. The number of aryl methyl sites for hydroxylation is 2. The summed E-state index contributed by atoms with van der Waals surface area (Å²) in [6.45, 7) is 6.74. The molecule has 1 amide bonds. The first-order valence-corrected chi connectivity index (χ1v) is 7.83. The summed E-state index contributed by atoms with van der Waals surface area (Å²) in [5, 5.41) is 2.86. The zero-order valence-electron chi connectivity index (χ0n) is 13.5. The van der Waals surface area contributed by atoms with Gasteiger partial charge in [0.1, 0.15) is 0 Å². The Morgan fingerprint density at radius 2 is 2.00 bits per heavy atom. The van der Waals surface area contributed by atoms with E-state index >= 15 is 0 Å². The van der Waals surface area contributed by atoms with Gasteiger partial charge in [0.2, 0.25) is 5.91 Å². The molecule has 0 bridgehead atoms. The van der Waals surface area contributed by atoms with Crippen molar-refractivity contribution in [3.63, 3.8) is 0 Å². The second kappa shape index (κ2) is 6.73. The normalized spacial score (nSPS) is 21.6. The van der Waals surface area contributed by atoms with Crippen LogP contribution in [0.25, 0.3) is 0 Å². The van der Waals surface area contributed by atoms with E-state index in [1.807, 2.05) is 43.9 Å². The Kier molecular flexibility index (Phi) is 5.16. The van der Waals surface area contributed by atoms with Gasteiger partial charge >= 0.3 is 0 Å². The van der Waals surface area contributed by atoms with Crippen LogP contribution in [-0.2, 0) is 4.79 Å². The topological polar surface area (TPSA) is 32.3 Å². The van der Waals surface area contributed by atoms with Crippen molar-refractivity contribution in [2.45, 2.75) is 52.0 Å². The maximum absolute atomic E-state index is 13.7. The highest BCUT2D eigenvalue weighted by atomic mass is 19.3. The summed E-state index contributed by atoms with van der Waals surface area (Å²) in [6, 6.07) is 4.96. The molecule has 0 radical (unpaired) electrons. The molecule has 22 heavy (non-hydrogen) atoms. The number of alkyl halides is 2. The van der Waals surface area contributed by atoms with E-state index in [0.717, 1.165) is 23.2 Å². The van der Waals surface area contributed by atoms with Crippen LogP contribution in [0.4, 0.5) is 14.5 Å². The van der Waals surface area contributed by atoms with E-state index in [0.29, 0.717) is 6.54 Å². The fraction of sp³-hybridized carbons (Fsp3) is 0.588. The Balaban J connectivity index is 2.17. The molecule has 0 spiro atoms. The van der Waals surface area contributed by atoms with Crippen molar-refractivity contribution in [2.75, 3.05) is 18.4 Å². The maximum atomic E-state index is 13.7. The summed E-state index contributed by atoms with van der Waals surface area (Å²) in [5.41, 5.74) is 2.62. The molecular formula is C17H24F2N2O. The van der Waals surface area contributed by atoms with Crippen molar-refractivity contribution in [1.29, 1.82) is 0 Å². The fourth-order valence-electron chi connectivity index (χ4n) is 3.01. The summed E-state index contributed by atoms with van der Waals surface area (Å²) < 4.78 is 27.4. The second-order valence-electron chi connectivity index (χ2n) is 6.12. The summed E-state index contributed by atoms with van der Waals surface area (Å²) in [4.78, 5) is 14.4. The van der Waals surface area contributed by atoms with Crippen molar-refractivity contribution in [3.05, 3.63) is 29.3 Å². The molecule has 1 saturated heterocycles. The molecule has 0 saturated carbocycles. The number of hydrogen-bond acceptors (Lipinski definition) is 2. The number of hydrogen-bond donors (Lipinski definition) is 1. The Labute approximate surface area is 130 Å². The zero-order valence-corrected chi connectivity index (χ0v) is 13.5. The molecule has 1 fully saturated rings. The number of nitrogens with zero attached hydrogens (tertiary/aromatic N) is 1. The molecule has 0 aliphatic carbocycles. The number of nitrogens with one attached hydrogen (secondary N) is 1. The monoisotopic (exact) mass is 310 g/mol. The summed E-state index contributed by atoms with van der Waals surface area (Å²) in [6.07, 6.45) is 0.280. The van der Waals surface area contributed by atoms with Gasteiger partial charge in [0.15, 0.2) is 0 Å². The molecule has 1 unspecified atom stereocenters. The molecule has 122 valence electrons. The van der Waals surface area contributed by atoms with Crippen LogP contribution in [0.2, 0.25) is 0 Å². The van der Waals surface area contributed by atoms with E-state index in [1.165, 1.54) is 0 Å². The number of halogens is 2. The van der Waals surface area contributed by atoms with Crippen LogP contribution in [0.3, 0.4) is 0 Å². The van der Waals surface area contributed by atoms with E-state index in [-0.39, 0.29) is 18.9 Å². The minimum atomic E-state index is -2.76. The van der Waals surface area contributed by atoms with Gasteiger partial charge in [-0.15, -0.1) is 0 Å². The predicted molar refractivity (Wildman–Crippen MR) is 84.4 cm³/mol. The highest BCUT2D eigenvalue weighted by Gasteiger charge is 2.43. The van der Waals surface area contributed by atoms with Crippen LogP contribution in [0.15, 0.2) is 18.2 Å². The number of likely N-dealkylation sites (tertiary alicyclic amines) is 1. The Morgan fingerprint density at radius 1 is 1.36 bits per heavy atom. The molecular weight excluding hydrogens is 286 g/mol. The standard InChI is InChI=1S/C17H24F2N2O/c1-4-9-21-10-8-17(18,19)11-14(21)16(22)20-15-12(2)6-5-7-13(15)3/h5-7,14H,4,8-11H2,1-3H3,(H,20,22). The van der Waals surface area contributed by atoms with Crippen molar-refractivity contribution < 1.29 is 13.6 Å². The van der Waals surface area contributed by atoms with Gasteiger partial charge in [-0.2, -0.15) is 0 Å². The number of piperidine rings is 1. The number of benzene rings is 1. The number of carbonyl (C=O) groups is 1. The van der Waals surface area contributed by atoms with Gasteiger partial charge in [-0.3, -0.25) is 9.69 Å². The Morgan fingerprint density at radius 3 is 2.59 bits per heavy atom. The lowest BCUT2D eigenvalue weighted by molar-refractivity contribution is -0.132. The first-order valence-electron chi connectivity index (χ1n) is 7.83. The molecule has 1 aliphatic heterocycles. The lowest BCUT2D eigenvalue weighted by Gasteiger charge is -2.38. The van der Waals surface area contributed by atoms with E-state index in [1.54, 1.807) is 0 Å². The highest BCUT2D eigenvalue weighted by Crippen LogP contribution is 2.32. The molecule has 1 aromatic carbocycles. The van der Waals surface area contributed by atoms with E-state index in [4.69, 9.17) is 0 Å². The SMILES string of the molecule is CCCN1CCC(F)(F)CC1C(=O)Nc1c(C)cccc1C. The lowest BCUT2D eigenvalue weighted by atomic mass is 9.97. The first-order chi connectivity index (χ1) is 10.3. The molecule has 1 aliphatic rings. The van der Waals surface area contributed by atoms with Crippen LogP contribution in [-0.4, -0.2) is 35.9 Å². The number of rotatable bonds is 4. The van der Waals surface area contributed by atoms with E-state index in [2.05, 4.69) is 5.32 Å². The van der Waals surface area contributed by atoms with E-state index in [9.17, 15) is 13.6 Å². The largest absolute Gasteiger partial charge is 0.324 e. The molecule has 2 rings (SSSR count). The highest BCUT2D eigenvalue weighted by molar-refractivity contribution is 5.96. The molecule has 1 heterocycles. The molecule has 3 nitrogen and oxygen atoms in total. The summed E-state index contributed by atoms with van der Waals surface area (Å²) >= 11 is 0. The minimum absolute atomic E-state index is 0.166. The van der Waals surface area contributed by atoms with Crippen LogP contribution < -0.4 is 5.32 Å². The summed E-state index contributed by atoms with van der Waals surface area (Å²) in [5.74, 6) is -3.09.